The molecule has 0 aliphatic carbocycles. The Kier molecular flexibility index (Phi) is 31.1. The van der Waals surface area contributed by atoms with Crippen molar-refractivity contribution in [2.24, 2.45) is 5.73 Å². The number of carbonyl (C=O) groups is 1. The van der Waals surface area contributed by atoms with Gasteiger partial charge in [-0.2, -0.15) is 12.6 Å². The van der Waals surface area contributed by atoms with E-state index in [4.69, 9.17) is 5.73 Å². The first-order valence-electron chi connectivity index (χ1n) is 7.19. The molecule has 0 aliphatic heterocycles. The van der Waals surface area contributed by atoms with E-state index in [9.17, 15) is 9.90 Å². The van der Waals surface area contributed by atoms with Crippen molar-refractivity contribution in [3.8, 4) is 0 Å². The minimum absolute atomic E-state index is 0. The molecule has 3 nitrogen and oxygen atoms in total. The minimum atomic E-state index is -1.13. The van der Waals surface area contributed by atoms with Crippen molar-refractivity contribution in [3.63, 3.8) is 0 Å². The van der Waals surface area contributed by atoms with Crippen molar-refractivity contribution < 1.29 is 39.5 Å². The van der Waals surface area contributed by atoms with Gasteiger partial charge in [0.05, 0.1) is 5.97 Å². The van der Waals surface area contributed by atoms with Gasteiger partial charge >= 0.3 is 29.6 Å². The first kappa shape index (κ1) is 24.8. The monoisotopic (exact) mass is 299 g/mol. The smallest absolute Gasteiger partial charge is 0.549 e. The summed E-state index contributed by atoms with van der Waals surface area (Å²) >= 11 is 3.35. The average molecular weight is 299 g/mol. The largest absolute Gasteiger partial charge is 1.00 e. The summed E-state index contributed by atoms with van der Waals surface area (Å²) in [5, 5.41) is 9.18. The first-order valence-corrected chi connectivity index (χ1v) is 7.83. The second-order valence-electron chi connectivity index (χ2n) is 4.50. The van der Waals surface area contributed by atoms with Gasteiger partial charge in [0, 0.05) is 5.75 Å². The van der Waals surface area contributed by atoms with Gasteiger partial charge in [-0.3, -0.25) is 0 Å². The maximum Gasteiger partial charge on any atom is 1.00 e. The fraction of sp³-hybridized carbons (Fsp3) is 0.929. The number of aliphatic carboxylic acids is 1. The Balaban J connectivity index is -0.000000366. The molecule has 0 radical (unpaired) electrons. The van der Waals surface area contributed by atoms with E-state index in [1.54, 1.807) is 0 Å². The summed E-state index contributed by atoms with van der Waals surface area (Å²) in [5.74, 6) is -1.33. The molecule has 0 saturated carbocycles. The van der Waals surface area contributed by atoms with Gasteiger partial charge in [-0.15, -0.1) is 0 Å². The number of unbranched alkanes of at least 4 members (excludes halogenated alkanes) is 9. The van der Waals surface area contributed by atoms with Crippen LogP contribution in [-0.2, 0) is 4.79 Å². The third-order valence-electron chi connectivity index (χ3n) is 2.69. The summed E-state index contributed by atoms with van der Waals surface area (Å²) in [7, 11) is 0. The minimum Gasteiger partial charge on any atom is -0.549 e. The molecule has 110 valence electrons. The van der Waals surface area contributed by atoms with Gasteiger partial charge in [0.25, 0.3) is 0 Å². The van der Waals surface area contributed by atoms with Gasteiger partial charge in [-0.25, -0.2) is 0 Å². The van der Waals surface area contributed by atoms with Gasteiger partial charge in [0.1, 0.15) is 0 Å². The molecule has 0 atom stereocenters. The third-order valence-corrected chi connectivity index (χ3v) is 2.94. The SMILES string of the molecule is CCCCCCCCCCCCN.O=C([O-])CS.[Na+]. The molecule has 0 aromatic rings. The van der Waals surface area contributed by atoms with E-state index in [0.717, 1.165) is 6.54 Å². The second-order valence-corrected chi connectivity index (χ2v) is 4.82. The van der Waals surface area contributed by atoms with Crippen molar-refractivity contribution in [3.05, 3.63) is 0 Å². The molecule has 0 bridgehead atoms. The number of hydrogen-bond donors (Lipinski definition) is 2. The Labute approximate surface area is 146 Å². The van der Waals surface area contributed by atoms with Crippen LogP contribution in [0, 0.1) is 0 Å². The zero-order valence-electron chi connectivity index (χ0n) is 12.8. The quantitative estimate of drug-likeness (QED) is 0.308. The fourth-order valence-corrected chi connectivity index (χ4v) is 1.63. The Hall–Kier alpha value is 0.780. The normalized spacial score (nSPS) is 9.21. The van der Waals surface area contributed by atoms with Crippen molar-refractivity contribution in [2.45, 2.75) is 71.1 Å². The molecule has 0 amide bonds. The number of carbonyl (C=O) groups excluding carboxylic acids is 1. The number of carboxylic acid groups (broad SMARTS) is 1. The second kappa shape index (κ2) is 23.8. The van der Waals surface area contributed by atoms with Gasteiger partial charge in [0.15, 0.2) is 0 Å². The Morgan fingerprint density at radius 2 is 1.26 bits per heavy atom. The molecule has 5 heteroatoms. The molecule has 0 aliphatic rings. The van der Waals surface area contributed by atoms with E-state index >= 15 is 0 Å². The molecule has 0 aromatic carbocycles. The molecule has 0 aromatic heterocycles. The molecular formula is C14H30NNaO2S. The first-order chi connectivity index (χ1) is 8.68. The van der Waals surface area contributed by atoms with Crippen LogP contribution in [0.2, 0.25) is 0 Å². The molecule has 0 unspecified atom stereocenters. The summed E-state index contributed by atoms with van der Waals surface area (Å²) in [6.45, 7) is 3.14. The van der Waals surface area contributed by atoms with Crippen LogP contribution in [0.5, 0.6) is 0 Å². The van der Waals surface area contributed by atoms with Crippen LogP contribution in [0.15, 0.2) is 0 Å². The van der Waals surface area contributed by atoms with Gasteiger partial charge < -0.3 is 15.6 Å². The van der Waals surface area contributed by atoms with Crippen molar-refractivity contribution >= 4 is 18.6 Å². The van der Waals surface area contributed by atoms with Crippen molar-refractivity contribution in [1.82, 2.24) is 0 Å². The van der Waals surface area contributed by atoms with Crippen LogP contribution in [0.4, 0.5) is 0 Å². The number of carboxylic acids is 1. The third kappa shape index (κ3) is 32.4. The maximum absolute atomic E-state index is 9.18. The Morgan fingerprint density at radius 3 is 1.53 bits per heavy atom. The van der Waals surface area contributed by atoms with Crippen LogP contribution >= 0.6 is 12.6 Å². The summed E-state index contributed by atoms with van der Waals surface area (Å²) in [6, 6.07) is 0. The van der Waals surface area contributed by atoms with E-state index in [-0.39, 0.29) is 35.3 Å². The number of hydrogen-bond acceptors (Lipinski definition) is 4. The number of rotatable bonds is 11. The van der Waals surface area contributed by atoms with Gasteiger partial charge in [-0.1, -0.05) is 64.7 Å². The van der Waals surface area contributed by atoms with Crippen LogP contribution in [0.3, 0.4) is 0 Å². The van der Waals surface area contributed by atoms with Crippen molar-refractivity contribution in [2.75, 3.05) is 12.3 Å². The van der Waals surface area contributed by atoms with Gasteiger partial charge in [0.2, 0.25) is 0 Å². The molecular weight excluding hydrogens is 269 g/mol. The topological polar surface area (TPSA) is 66.2 Å². The van der Waals surface area contributed by atoms with E-state index in [1.807, 2.05) is 0 Å². The molecule has 0 rings (SSSR count). The zero-order valence-corrected chi connectivity index (χ0v) is 15.7. The van der Waals surface area contributed by atoms with E-state index < -0.39 is 5.97 Å². The summed E-state index contributed by atoms with van der Waals surface area (Å²) < 4.78 is 0. The number of nitrogens with two attached hydrogens (primary N) is 1. The van der Waals surface area contributed by atoms with Crippen molar-refractivity contribution in [1.29, 1.82) is 0 Å². The Morgan fingerprint density at radius 1 is 0.947 bits per heavy atom. The molecule has 19 heavy (non-hydrogen) atoms. The summed E-state index contributed by atoms with van der Waals surface area (Å²) in [5.41, 5.74) is 5.42. The molecule has 0 heterocycles. The van der Waals surface area contributed by atoms with Crippen LogP contribution in [0.1, 0.15) is 71.1 Å². The zero-order chi connectivity index (χ0) is 14.1. The predicted molar refractivity (Wildman–Crippen MR) is 79.8 cm³/mol. The average Bonchev–Trinajstić information content (AvgIpc) is 2.37. The molecule has 0 fully saturated rings. The standard InChI is InChI=1S/C12H27N.C2H4O2S.Na/c1-2-3-4-5-6-7-8-9-10-11-12-13;3-2(4)1-5;/h2-13H2,1H3;5H,1H2,(H,3,4);/q;;+1/p-1. The molecule has 0 spiro atoms. The van der Waals surface area contributed by atoms with Gasteiger partial charge in [-0.05, 0) is 13.0 Å². The van der Waals surface area contributed by atoms with E-state index in [0.29, 0.717) is 0 Å². The predicted octanol–water partition coefficient (Wildman–Crippen LogP) is -0.464. The number of thiol groups is 1. The van der Waals surface area contributed by atoms with E-state index in [2.05, 4.69) is 19.6 Å². The van der Waals surface area contributed by atoms with Crippen LogP contribution in [0.25, 0.3) is 0 Å². The van der Waals surface area contributed by atoms with Crippen LogP contribution in [-0.4, -0.2) is 18.3 Å². The summed E-state index contributed by atoms with van der Waals surface area (Å²) in [6.07, 6.45) is 13.9. The van der Waals surface area contributed by atoms with Crippen LogP contribution < -0.4 is 40.4 Å². The maximum atomic E-state index is 9.18. The summed E-state index contributed by atoms with van der Waals surface area (Å²) in [4.78, 5) is 9.18. The molecule has 0 saturated heterocycles. The Bertz CT molecular complexity index is 162. The molecule has 2 N–H and O–H groups in total. The fourth-order valence-electron chi connectivity index (χ4n) is 1.63. The van der Waals surface area contributed by atoms with E-state index in [1.165, 1.54) is 64.2 Å².